The largest absolute Gasteiger partial charge is 0.351 e. The zero-order valence-corrected chi connectivity index (χ0v) is 11.1. The molecule has 3 N–H and O–H groups in total. The molecule has 0 aromatic heterocycles. The van der Waals surface area contributed by atoms with Gasteiger partial charge in [0.25, 0.3) is 0 Å². The molecule has 0 bridgehead atoms. The average molecular weight is 266 g/mol. The fraction of sp³-hybridized carbons (Fsp3) is 0.231. The second-order valence-electron chi connectivity index (χ2n) is 3.98. The summed E-state index contributed by atoms with van der Waals surface area (Å²) < 4.78 is 0. The van der Waals surface area contributed by atoms with Gasteiger partial charge >= 0.3 is 6.03 Å². The van der Waals surface area contributed by atoms with Crippen molar-refractivity contribution >= 4 is 29.5 Å². The fourth-order valence-electron chi connectivity index (χ4n) is 1.27. The summed E-state index contributed by atoms with van der Waals surface area (Å²) >= 11 is 5.79. The second-order valence-corrected chi connectivity index (χ2v) is 4.42. The van der Waals surface area contributed by atoms with Crippen LogP contribution in [0.3, 0.4) is 0 Å². The molecule has 0 saturated heterocycles. The van der Waals surface area contributed by atoms with Gasteiger partial charge in [0.2, 0.25) is 0 Å². The molecule has 0 spiro atoms. The maximum atomic E-state index is 10.8. The van der Waals surface area contributed by atoms with Crippen LogP contribution >= 0.6 is 11.6 Å². The molecule has 4 nitrogen and oxygen atoms in total. The predicted molar refractivity (Wildman–Crippen MR) is 75.8 cm³/mol. The van der Waals surface area contributed by atoms with Gasteiger partial charge < -0.3 is 5.73 Å². The Kier molecular flexibility index (Phi) is 5.39. The lowest BCUT2D eigenvalue weighted by molar-refractivity contribution is 0.253. The highest BCUT2D eigenvalue weighted by atomic mass is 35.5. The third kappa shape index (κ3) is 5.50. The lowest BCUT2D eigenvalue weighted by Gasteiger charge is -2.04. The Labute approximate surface area is 112 Å². The van der Waals surface area contributed by atoms with E-state index in [1.54, 1.807) is 18.2 Å². The third-order valence-electron chi connectivity index (χ3n) is 1.95. The second kappa shape index (κ2) is 6.81. The van der Waals surface area contributed by atoms with Crippen molar-refractivity contribution in [2.75, 3.05) is 0 Å². The van der Waals surface area contributed by atoms with Gasteiger partial charge in [-0.25, -0.2) is 4.79 Å². The maximum Gasteiger partial charge on any atom is 0.317 e. The summed E-state index contributed by atoms with van der Waals surface area (Å²) in [5.41, 5.74) is 6.04. The number of halogens is 1. The van der Waals surface area contributed by atoms with Crippen LogP contribution in [0.5, 0.6) is 0 Å². The highest BCUT2D eigenvalue weighted by Crippen LogP contribution is 2.10. The van der Waals surface area contributed by atoms with Gasteiger partial charge in [-0.1, -0.05) is 29.8 Å². The van der Waals surface area contributed by atoms with Gasteiger partial charge in [-0.05, 0) is 37.6 Å². The molecular formula is C13H16ClN3O. The number of primary amides is 1. The summed E-state index contributed by atoms with van der Waals surface area (Å²) in [5.74, 6) is 0.437. The number of amidine groups is 1. The van der Waals surface area contributed by atoms with Crippen molar-refractivity contribution in [3.63, 3.8) is 0 Å². The number of aliphatic imine (C=N–C) groups is 1. The van der Waals surface area contributed by atoms with Gasteiger partial charge in [-0.3, -0.25) is 10.3 Å². The third-order valence-corrected chi connectivity index (χ3v) is 2.20. The Bertz CT molecular complexity index is 464. The molecule has 0 unspecified atom stereocenters. The van der Waals surface area contributed by atoms with Crippen LogP contribution in [0.1, 0.15) is 19.4 Å². The van der Waals surface area contributed by atoms with E-state index in [0.717, 1.165) is 5.56 Å². The molecule has 0 atom stereocenters. The molecule has 2 amide bonds. The van der Waals surface area contributed by atoms with Crippen molar-refractivity contribution in [3.05, 3.63) is 40.9 Å². The molecule has 0 fully saturated rings. The van der Waals surface area contributed by atoms with Crippen molar-refractivity contribution < 1.29 is 4.79 Å². The van der Waals surface area contributed by atoms with E-state index in [0.29, 0.717) is 10.9 Å². The van der Waals surface area contributed by atoms with Crippen molar-refractivity contribution in [1.29, 1.82) is 0 Å². The van der Waals surface area contributed by atoms with Crippen LogP contribution in [0.25, 0.3) is 6.08 Å². The highest BCUT2D eigenvalue weighted by Gasteiger charge is 1.99. The van der Waals surface area contributed by atoms with Crippen LogP contribution in [0.4, 0.5) is 4.79 Å². The Morgan fingerprint density at radius 2 is 2.00 bits per heavy atom. The number of urea groups is 1. The molecular weight excluding hydrogens is 250 g/mol. The minimum atomic E-state index is -0.629. The quantitative estimate of drug-likeness (QED) is 0.640. The topological polar surface area (TPSA) is 67.5 Å². The molecule has 0 saturated carbocycles. The van der Waals surface area contributed by atoms with Gasteiger partial charge in [-0.15, -0.1) is 0 Å². The molecule has 0 aliphatic rings. The predicted octanol–water partition coefficient (Wildman–Crippen LogP) is 2.83. The van der Waals surface area contributed by atoms with Crippen LogP contribution in [0.15, 0.2) is 35.3 Å². The van der Waals surface area contributed by atoms with E-state index in [1.807, 2.05) is 32.1 Å². The standard InChI is InChI=1S/C13H16ClN3O/c1-9(2)16-12(17-13(15)18)8-5-10-3-6-11(14)7-4-10/h3-9H,1-2H3,(H3,15,16,17,18)/b8-5+. The van der Waals surface area contributed by atoms with E-state index in [2.05, 4.69) is 10.3 Å². The van der Waals surface area contributed by atoms with Crippen LogP contribution in [-0.4, -0.2) is 17.9 Å². The molecule has 5 heteroatoms. The minimum absolute atomic E-state index is 0.0710. The molecule has 96 valence electrons. The normalized spacial score (nSPS) is 12.1. The van der Waals surface area contributed by atoms with Crippen LogP contribution < -0.4 is 11.1 Å². The first-order valence-electron chi connectivity index (χ1n) is 5.55. The van der Waals surface area contributed by atoms with Gasteiger partial charge in [0.15, 0.2) is 0 Å². The fourth-order valence-corrected chi connectivity index (χ4v) is 1.40. The first-order valence-corrected chi connectivity index (χ1v) is 5.93. The number of nitrogens with zero attached hydrogens (tertiary/aromatic N) is 1. The molecule has 0 heterocycles. The van der Waals surface area contributed by atoms with Gasteiger partial charge in [0.05, 0.1) is 0 Å². The number of nitrogens with two attached hydrogens (primary N) is 1. The Hall–Kier alpha value is -1.81. The lowest BCUT2D eigenvalue weighted by Crippen LogP contribution is -2.34. The summed E-state index contributed by atoms with van der Waals surface area (Å²) in [6.45, 7) is 3.83. The van der Waals surface area contributed by atoms with Crippen LogP contribution in [-0.2, 0) is 0 Å². The highest BCUT2D eigenvalue weighted by molar-refractivity contribution is 6.30. The molecule has 1 rings (SSSR count). The number of carbonyl (C=O) groups is 1. The molecule has 18 heavy (non-hydrogen) atoms. The molecule has 0 aliphatic heterocycles. The number of rotatable bonds is 3. The van der Waals surface area contributed by atoms with Crippen molar-refractivity contribution in [1.82, 2.24) is 5.32 Å². The van der Waals surface area contributed by atoms with Crippen molar-refractivity contribution in [2.24, 2.45) is 10.7 Å². The molecule has 1 aromatic rings. The summed E-state index contributed by atoms with van der Waals surface area (Å²) in [5, 5.41) is 3.15. The van der Waals surface area contributed by atoms with E-state index in [4.69, 9.17) is 17.3 Å². The Morgan fingerprint density at radius 1 is 1.39 bits per heavy atom. The number of amides is 2. The number of hydrogen-bond acceptors (Lipinski definition) is 2. The van der Waals surface area contributed by atoms with Gasteiger partial charge in [0, 0.05) is 11.1 Å². The van der Waals surface area contributed by atoms with Crippen molar-refractivity contribution in [2.45, 2.75) is 19.9 Å². The number of nitrogens with one attached hydrogen (secondary N) is 1. The Morgan fingerprint density at radius 3 is 2.50 bits per heavy atom. The maximum absolute atomic E-state index is 10.8. The van der Waals surface area contributed by atoms with E-state index in [1.165, 1.54) is 0 Å². The van der Waals surface area contributed by atoms with Gasteiger partial charge in [-0.2, -0.15) is 0 Å². The van der Waals surface area contributed by atoms with E-state index >= 15 is 0 Å². The van der Waals surface area contributed by atoms with Gasteiger partial charge in [0.1, 0.15) is 5.84 Å². The van der Waals surface area contributed by atoms with Crippen LogP contribution in [0.2, 0.25) is 5.02 Å². The first-order chi connectivity index (χ1) is 8.47. The minimum Gasteiger partial charge on any atom is -0.351 e. The molecule has 0 aliphatic carbocycles. The summed E-state index contributed by atoms with van der Waals surface area (Å²) in [4.78, 5) is 15.1. The number of benzene rings is 1. The van der Waals surface area contributed by atoms with Crippen molar-refractivity contribution in [3.8, 4) is 0 Å². The Balaban J connectivity index is 2.82. The van der Waals surface area contributed by atoms with Crippen LogP contribution in [0, 0.1) is 0 Å². The summed E-state index contributed by atoms with van der Waals surface area (Å²) in [6.07, 6.45) is 3.53. The van der Waals surface area contributed by atoms with E-state index in [-0.39, 0.29) is 6.04 Å². The zero-order chi connectivity index (χ0) is 13.5. The summed E-state index contributed by atoms with van der Waals surface area (Å²) in [6, 6.07) is 6.77. The monoisotopic (exact) mass is 265 g/mol. The molecule has 1 aromatic carbocycles. The zero-order valence-electron chi connectivity index (χ0n) is 10.4. The number of hydrogen-bond donors (Lipinski definition) is 2. The van der Waals surface area contributed by atoms with E-state index < -0.39 is 6.03 Å². The smallest absolute Gasteiger partial charge is 0.317 e. The summed E-state index contributed by atoms with van der Waals surface area (Å²) in [7, 11) is 0. The molecule has 0 radical (unpaired) electrons. The SMILES string of the molecule is CC(C)N=C(/C=C/c1ccc(Cl)cc1)NC(N)=O. The number of carbonyl (C=O) groups excluding carboxylic acids is 1. The lowest BCUT2D eigenvalue weighted by atomic mass is 10.2. The van der Waals surface area contributed by atoms with E-state index in [9.17, 15) is 4.79 Å². The first kappa shape index (κ1) is 14.3. The average Bonchev–Trinajstić information content (AvgIpc) is 2.26.